The Balaban J connectivity index is 1.95. The molecule has 3 N–H and O–H groups in total. The fraction of sp³-hybridized carbons (Fsp3) is 1.00. The Labute approximate surface area is 104 Å². The van der Waals surface area contributed by atoms with Crippen molar-refractivity contribution in [1.29, 1.82) is 0 Å². The van der Waals surface area contributed by atoms with Gasteiger partial charge in [0.05, 0.1) is 6.42 Å². The molecule has 1 aliphatic carbocycles. The van der Waals surface area contributed by atoms with Crippen LogP contribution in [0.4, 0.5) is 13.2 Å². The second kappa shape index (κ2) is 4.32. The third-order valence-electron chi connectivity index (χ3n) is 3.69. The fourth-order valence-electron chi connectivity index (χ4n) is 2.67. The molecule has 2 rings (SSSR count). The monoisotopic (exact) mass is 287 g/mol. The van der Waals surface area contributed by atoms with E-state index in [1.165, 1.54) is 0 Å². The second-order valence-corrected chi connectivity index (χ2v) is 6.69. The summed E-state index contributed by atoms with van der Waals surface area (Å²) in [6.07, 6.45) is -4.35. The first kappa shape index (κ1) is 14.0. The molecule has 1 heterocycles. The van der Waals surface area contributed by atoms with Crippen molar-refractivity contribution in [2.45, 2.75) is 31.5 Å². The van der Waals surface area contributed by atoms with Crippen LogP contribution in [-0.4, -0.2) is 44.6 Å². The van der Waals surface area contributed by atoms with Crippen LogP contribution in [0.15, 0.2) is 0 Å². The zero-order valence-corrected chi connectivity index (χ0v) is 10.5. The van der Waals surface area contributed by atoms with E-state index in [9.17, 15) is 21.6 Å². The molecule has 2 fully saturated rings. The van der Waals surface area contributed by atoms with Crippen molar-refractivity contribution in [3.8, 4) is 0 Å². The van der Waals surface area contributed by atoms with Gasteiger partial charge in [0.25, 0.3) is 10.2 Å². The van der Waals surface area contributed by atoms with Crippen molar-refractivity contribution in [3.63, 3.8) is 0 Å². The van der Waals surface area contributed by atoms with E-state index in [4.69, 9.17) is 5.14 Å². The number of halogens is 3. The quantitative estimate of drug-likeness (QED) is 0.775. The lowest BCUT2D eigenvalue weighted by atomic mass is 9.61. The van der Waals surface area contributed by atoms with Gasteiger partial charge in [0, 0.05) is 25.7 Å². The Hall–Kier alpha value is -0.380. The van der Waals surface area contributed by atoms with Gasteiger partial charge in [0.2, 0.25) is 0 Å². The molecule has 0 bridgehead atoms. The van der Waals surface area contributed by atoms with E-state index < -0.39 is 29.4 Å². The molecular formula is C9H16F3N3O2S. The molecule has 1 spiro atoms. The van der Waals surface area contributed by atoms with Crippen molar-refractivity contribution in [2.24, 2.45) is 10.6 Å². The van der Waals surface area contributed by atoms with Crippen molar-refractivity contribution in [1.82, 2.24) is 9.62 Å². The molecule has 9 heteroatoms. The van der Waals surface area contributed by atoms with E-state index >= 15 is 0 Å². The first-order chi connectivity index (χ1) is 8.11. The molecule has 0 amide bonds. The summed E-state index contributed by atoms with van der Waals surface area (Å²) in [6, 6.07) is -0.385. The van der Waals surface area contributed by atoms with E-state index in [0.717, 1.165) is 17.4 Å². The Morgan fingerprint density at radius 2 is 1.89 bits per heavy atom. The number of hydrogen-bond acceptors (Lipinski definition) is 3. The van der Waals surface area contributed by atoms with Gasteiger partial charge >= 0.3 is 6.18 Å². The van der Waals surface area contributed by atoms with Crippen LogP contribution < -0.4 is 10.5 Å². The number of hydrogen-bond donors (Lipinski definition) is 2. The van der Waals surface area contributed by atoms with Crippen LogP contribution in [-0.2, 0) is 10.2 Å². The minimum atomic E-state index is -4.37. The van der Waals surface area contributed by atoms with Crippen LogP contribution in [0, 0.1) is 5.41 Å². The van der Waals surface area contributed by atoms with Crippen LogP contribution >= 0.6 is 0 Å². The Morgan fingerprint density at radius 1 is 1.33 bits per heavy atom. The summed E-state index contributed by atoms with van der Waals surface area (Å²) in [5, 5.41) is 8.06. The minimum absolute atomic E-state index is 0.0891. The highest BCUT2D eigenvalue weighted by Crippen LogP contribution is 2.47. The SMILES string of the molecule is NS(=O)(=O)N(CCC(F)(F)F)C1CC2(CNC2)C1. The van der Waals surface area contributed by atoms with Gasteiger partial charge in [0.1, 0.15) is 0 Å². The Morgan fingerprint density at radius 3 is 2.22 bits per heavy atom. The highest BCUT2D eigenvalue weighted by molar-refractivity contribution is 7.86. The summed E-state index contributed by atoms with van der Waals surface area (Å²) in [7, 11) is -4.07. The molecule has 1 saturated carbocycles. The van der Waals surface area contributed by atoms with Gasteiger partial charge in [-0.2, -0.15) is 25.9 Å². The van der Waals surface area contributed by atoms with Crippen LogP contribution in [0.5, 0.6) is 0 Å². The smallest absolute Gasteiger partial charge is 0.316 e. The van der Waals surface area contributed by atoms with E-state index in [2.05, 4.69) is 5.32 Å². The highest BCUT2D eigenvalue weighted by atomic mass is 32.2. The first-order valence-corrected chi connectivity index (χ1v) is 7.19. The summed E-state index contributed by atoms with van der Waals surface area (Å²) in [5.41, 5.74) is 0.0891. The van der Waals surface area contributed by atoms with Gasteiger partial charge in [-0.15, -0.1) is 0 Å². The lowest BCUT2D eigenvalue weighted by Gasteiger charge is -2.56. The van der Waals surface area contributed by atoms with Gasteiger partial charge in [-0.3, -0.25) is 0 Å². The van der Waals surface area contributed by atoms with Gasteiger partial charge in [-0.05, 0) is 18.3 Å². The normalized spacial score (nSPS) is 24.1. The predicted molar refractivity (Wildman–Crippen MR) is 58.8 cm³/mol. The van der Waals surface area contributed by atoms with Crippen LogP contribution in [0.25, 0.3) is 0 Å². The molecule has 0 unspecified atom stereocenters. The average molecular weight is 287 g/mol. The summed E-state index contributed by atoms with van der Waals surface area (Å²) in [6.45, 7) is 1.03. The van der Waals surface area contributed by atoms with Gasteiger partial charge in [-0.25, -0.2) is 5.14 Å². The molecule has 0 aromatic heterocycles. The van der Waals surface area contributed by atoms with E-state index in [1.54, 1.807) is 0 Å². The van der Waals surface area contributed by atoms with Crippen molar-refractivity contribution >= 4 is 10.2 Å². The Bertz CT molecular complexity index is 411. The number of rotatable bonds is 4. The third-order valence-corrected chi connectivity index (χ3v) is 4.82. The molecule has 0 aromatic carbocycles. The maximum atomic E-state index is 12.1. The van der Waals surface area contributed by atoms with Crippen molar-refractivity contribution in [3.05, 3.63) is 0 Å². The zero-order chi connectivity index (χ0) is 13.6. The van der Waals surface area contributed by atoms with Crippen LogP contribution in [0.2, 0.25) is 0 Å². The van der Waals surface area contributed by atoms with Gasteiger partial charge in [0.15, 0.2) is 0 Å². The largest absolute Gasteiger partial charge is 0.390 e. The van der Waals surface area contributed by atoms with E-state index in [-0.39, 0.29) is 11.5 Å². The summed E-state index contributed by atoms with van der Waals surface area (Å²) in [4.78, 5) is 0. The standard InChI is InChI=1S/C9H16F3N3O2S/c10-9(11,12)1-2-15(18(13,16)17)7-3-8(4-7)5-14-6-8/h7,14H,1-6H2,(H2,13,16,17). The molecule has 106 valence electrons. The molecule has 0 aromatic rings. The predicted octanol–water partition coefficient (Wildman–Crippen LogP) is 0.196. The number of nitrogens with one attached hydrogen (secondary N) is 1. The molecule has 1 saturated heterocycles. The highest BCUT2D eigenvalue weighted by Gasteiger charge is 2.52. The maximum Gasteiger partial charge on any atom is 0.390 e. The van der Waals surface area contributed by atoms with Crippen molar-refractivity contribution in [2.75, 3.05) is 19.6 Å². The lowest BCUT2D eigenvalue weighted by molar-refractivity contribution is -0.138. The molecule has 18 heavy (non-hydrogen) atoms. The van der Waals surface area contributed by atoms with Crippen LogP contribution in [0.3, 0.4) is 0 Å². The van der Waals surface area contributed by atoms with Gasteiger partial charge in [-0.1, -0.05) is 0 Å². The third kappa shape index (κ3) is 2.95. The van der Waals surface area contributed by atoms with E-state index in [1.807, 2.05) is 0 Å². The topological polar surface area (TPSA) is 75.4 Å². The Kier molecular flexibility index (Phi) is 3.37. The zero-order valence-electron chi connectivity index (χ0n) is 9.70. The van der Waals surface area contributed by atoms with Crippen LogP contribution in [0.1, 0.15) is 19.3 Å². The molecular weight excluding hydrogens is 271 g/mol. The minimum Gasteiger partial charge on any atom is -0.316 e. The second-order valence-electron chi connectivity index (χ2n) is 5.19. The lowest BCUT2D eigenvalue weighted by Crippen LogP contribution is -2.66. The molecule has 1 aliphatic heterocycles. The fourth-order valence-corrected chi connectivity index (χ4v) is 3.58. The number of nitrogens with two attached hydrogens (primary N) is 1. The first-order valence-electron chi connectivity index (χ1n) is 5.68. The van der Waals surface area contributed by atoms with Crippen molar-refractivity contribution < 1.29 is 21.6 Å². The molecule has 2 aliphatic rings. The van der Waals surface area contributed by atoms with Gasteiger partial charge < -0.3 is 5.32 Å². The average Bonchev–Trinajstić information content (AvgIpc) is 2.00. The summed E-state index contributed by atoms with van der Waals surface area (Å²) < 4.78 is 59.9. The summed E-state index contributed by atoms with van der Waals surface area (Å²) >= 11 is 0. The molecule has 5 nitrogen and oxygen atoms in total. The van der Waals surface area contributed by atoms with E-state index in [0.29, 0.717) is 12.8 Å². The maximum absolute atomic E-state index is 12.1. The number of nitrogens with zero attached hydrogens (tertiary/aromatic N) is 1. The number of alkyl halides is 3. The summed E-state index contributed by atoms with van der Waals surface area (Å²) in [5.74, 6) is 0. The molecule has 0 atom stereocenters. The molecule has 0 radical (unpaired) electrons.